The number of carbonyl (C=O) groups is 1. The van der Waals surface area contributed by atoms with Gasteiger partial charge in [-0.3, -0.25) is 0 Å². The molecule has 0 aliphatic carbocycles. The molecule has 0 unspecified atom stereocenters. The molecule has 0 radical (unpaired) electrons. The molecule has 3 rings (SSSR count). The second-order valence-corrected chi connectivity index (χ2v) is 5.33. The summed E-state index contributed by atoms with van der Waals surface area (Å²) in [5.41, 5.74) is 0.771. The third-order valence-electron chi connectivity index (χ3n) is 2.94. The number of nitrogens with one attached hydrogen (secondary N) is 1. The number of hydrogen-bond donors (Lipinski definition) is 2. The number of H-pyrrole nitrogens is 1. The van der Waals surface area contributed by atoms with Gasteiger partial charge >= 0.3 is 5.97 Å². The number of halogens is 2. The zero-order valence-electron chi connectivity index (χ0n) is 10.6. The summed E-state index contributed by atoms with van der Waals surface area (Å²) in [5, 5.41) is 9.62. The summed E-state index contributed by atoms with van der Waals surface area (Å²) in [5.74, 6) is -0.983. The lowest BCUT2D eigenvalue weighted by atomic mass is 10.2. The van der Waals surface area contributed by atoms with E-state index in [9.17, 15) is 9.18 Å². The van der Waals surface area contributed by atoms with Gasteiger partial charge in [0.05, 0.1) is 0 Å². The van der Waals surface area contributed by atoms with E-state index in [0.29, 0.717) is 21.1 Å². The number of aromatic nitrogens is 1. The number of benzene rings is 2. The topological polar surface area (TPSA) is 62.3 Å². The first-order valence-electron chi connectivity index (χ1n) is 6.02. The van der Waals surface area contributed by atoms with Gasteiger partial charge < -0.3 is 14.8 Å². The van der Waals surface area contributed by atoms with Crippen LogP contribution >= 0.6 is 15.9 Å². The molecule has 106 valence electrons. The van der Waals surface area contributed by atoms with Gasteiger partial charge in [0.1, 0.15) is 11.4 Å². The molecule has 0 amide bonds. The Morgan fingerprint density at radius 3 is 2.71 bits per heavy atom. The molecule has 4 nitrogen and oxygen atoms in total. The number of aromatic carboxylic acids is 1. The molecular formula is C15H9BrFNO3. The number of fused-ring (bicyclic) bond motifs is 1. The van der Waals surface area contributed by atoms with Gasteiger partial charge in [0.25, 0.3) is 0 Å². The summed E-state index contributed by atoms with van der Waals surface area (Å²) in [6.07, 6.45) is 0. The average molecular weight is 350 g/mol. The fourth-order valence-electron chi connectivity index (χ4n) is 1.97. The molecule has 0 aliphatic rings. The van der Waals surface area contributed by atoms with Crippen LogP contribution in [0.3, 0.4) is 0 Å². The van der Waals surface area contributed by atoms with Crippen molar-refractivity contribution in [3.8, 4) is 11.5 Å². The predicted molar refractivity (Wildman–Crippen MR) is 79.4 cm³/mol. The highest BCUT2D eigenvalue weighted by Gasteiger charge is 2.09. The van der Waals surface area contributed by atoms with E-state index in [0.717, 1.165) is 0 Å². The minimum Gasteiger partial charge on any atom is -0.477 e. The third-order valence-corrected chi connectivity index (χ3v) is 3.44. The molecule has 2 aromatic carbocycles. The molecule has 0 bridgehead atoms. The Bertz CT molecular complexity index is 844. The van der Waals surface area contributed by atoms with Crippen molar-refractivity contribution in [2.45, 2.75) is 0 Å². The van der Waals surface area contributed by atoms with Gasteiger partial charge in [-0.2, -0.15) is 0 Å². The maximum atomic E-state index is 13.7. The highest BCUT2D eigenvalue weighted by atomic mass is 79.9. The van der Waals surface area contributed by atoms with E-state index in [2.05, 4.69) is 20.9 Å². The van der Waals surface area contributed by atoms with E-state index >= 15 is 0 Å². The largest absolute Gasteiger partial charge is 0.477 e. The Balaban J connectivity index is 1.95. The minimum absolute atomic E-state index is 0.0944. The Labute approximate surface area is 127 Å². The van der Waals surface area contributed by atoms with Crippen LogP contribution in [0.25, 0.3) is 10.9 Å². The summed E-state index contributed by atoms with van der Waals surface area (Å²) < 4.78 is 19.8. The standard InChI is InChI=1S/C15H9BrFNO3/c16-9-1-4-14(11(17)7-9)21-10-2-3-12-8(5-10)6-13(18-12)15(19)20/h1-7,18H,(H,19,20). The molecule has 1 aromatic heterocycles. The first kappa shape index (κ1) is 13.6. The van der Waals surface area contributed by atoms with Crippen molar-refractivity contribution in [2.24, 2.45) is 0 Å². The average Bonchev–Trinajstić information content (AvgIpc) is 2.85. The summed E-state index contributed by atoms with van der Waals surface area (Å²) >= 11 is 3.18. The van der Waals surface area contributed by atoms with Gasteiger partial charge in [0, 0.05) is 15.4 Å². The predicted octanol–water partition coefficient (Wildman–Crippen LogP) is 4.56. The fraction of sp³-hybridized carbons (Fsp3) is 0. The highest BCUT2D eigenvalue weighted by Crippen LogP contribution is 2.29. The van der Waals surface area contributed by atoms with Crippen LogP contribution in [0, 0.1) is 5.82 Å². The molecule has 0 saturated carbocycles. The summed E-state index contributed by atoms with van der Waals surface area (Å²) in [6.45, 7) is 0. The summed E-state index contributed by atoms with van der Waals surface area (Å²) in [4.78, 5) is 13.7. The quantitative estimate of drug-likeness (QED) is 0.728. The van der Waals surface area contributed by atoms with Crippen molar-refractivity contribution in [3.05, 3.63) is 58.4 Å². The second kappa shape index (κ2) is 5.21. The van der Waals surface area contributed by atoms with Gasteiger partial charge in [-0.25, -0.2) is 9.18 Å². The SMILES string of the molecule is O=C(O)c1cc2cc(Oc3ccc(Br)cc3F)ccc2[nH]1. The molecule has 0 aliphatic heterocycles. The van der Waals surface area contributed by atoms with Crippen LogP contribution in [-0.2, 0) is 0 Å². The zero-order valence-corrected chi connectivity index (χ0v) is 12.1. The van der Waals surface area contributed by atoms with Crippen LogP contribution in [0.5, 0.6) is 11.5 Å². The van der Waals surface area contributed by atoms with E-state index in [-0.39, 0.29) is 11.4 Å². The van der Waals surface area contributed by atoms with Gasteiger partial charge in [-0.05, 0) is 42.5 Å². The van der Waals surface area contributed by atoms with Crippen molar-refractivity contribution >= 4 is 32.8 Å². The van der Waals surface area contributed by atoms with Crippen molar-refractivity contribution in [2.75, 3.05) is 0 Å². The lowest BCUT2D eigenvalue weighted by Crippen LogP contribution is -1.94. The van der Waals surface area contributed by atoms with E-state index < -0.39 is 11.8 Å². The number of rotatable bonds is 3. The monoisotopic (exact) mass is 349 g/mol. The minimum atomic E-state index is -1.03. The number of aromatic amines is 1. The first-order valence-corrected chi connectivity index (χ1v) is 6.81. The number of ether oxygens (including phenoxy) is 1. The molecular weight excluding hydrogens is 341 g/mol. The number of hydrogen-bond acceptors (Lipinski definition) is 2. The summed E-state index contributed by atoms with van der Waals surface area (Å²) in [6, 6.07) is 11.0. The smallest absolute Gasteiger partial charge is 0.352 e. The Morgan fingerprint density at radius 2 is 2.00 bits per heavy atom. The van der Waals surface area contributed by atoms with Crippen LogP contribution < -0.4 is 4.74 Å². The molecule has 0 atom stereocenters. The first-order chi connectivity index (χ1) is 10.0. The molecule has 2 N–H and O–H groups in total. The highest BCUT2D eigenvalue weighted by molar-refractivity contribution is 9.10. The van der Waals surface area contributed by atoms with E-state index in [1.807, 2.05) is 0 Å². The van der Waals surface area contributed by atoms with Gasteiger partial charge in [-0.15, -0.1) is 0 Å². The van der Waals surface area contributed by atoms with Gasteiger partial charge in [-0.1, -0.05) is 15.9 Å². The van der Waals surface area contributed by atoms with Gasteiger partial charge in [0.2, 0.25) is 0 Å². The zero-order chi connectivity index (χ0) is 15.0. The molecule has 1 heterocycles. The van der Waals surface area contributed by atoms with E-state index in [1.54, 1.807) is 24.3 Å². The van der Waals surface area contributed by atoms with E-state index in [1.165, 1.54) is 18.2 Å². The van der Waals surface area contributed by atoms with Crippen LogP contribution in [0.15, 0.2) is 46.9 Å². The van der Waals surface area contributed by atoms with Crippen molar-refractivity contribution < 1.29 is 19.0 Å². The molecule has 3 aromatic rings. The van der Waals surface area contributed by atoms with Gasteiger partial charge in [0.15, 0.2) is 11.6 Å². The Morgan fingerprint density at radius 1 is 1.19 bits per heavy atom. The maximum absolute atomic E-state index is 13.7. The van der Waals surface area contributed by atoms with Crippen LogP contribution in [-0.4, -0.2) is 16.1 Å². The second-order valence-electron chi connectivity index (χ2n) is 4.41. The number of carboxylic acids is 1. The van der Waals surface area contributed by atoms with Crippen molar-refractivity contribution in [1.29, 1.82) is 0 Å². The Hall–Kier alpha value is -2.34. The lowest BCUT2D eigenvalue weighted by Gasteiger charge is -2.07. The van der Waals surface area contributed by atoms with Crippen molar-refractivity contribution in [3.63, 3.8) is 0 Å². The molecule has 0 fully saturated rings. The third kappa shape index (κ3) is 2.75. The van der Waals surface area contributed by atoms with Crippen LogP contribution in [0.1, 0.15) is 10.5 Å². The number of carboxylic acid groups (broad SMARTS) is 1. The molecule has 0 saturated heterocycles. The van der Waals surface area contributed by atoms with Crippen molar-refractivity contribution in [1.82, 2.24) is 4.98 Å². The Kier molecular flexibility index (Phi) is 3.39. The van der Waals surface area contributed by atoms with Crippen LogP contribution in [0.2, 0.25) is 0 Å². The molecule has 21 heavy (non-hydrogen) atoms. The van der Waals surface area contributed by atoms with E-state index in [4.69, 9.17) is 9.84 Å². The normalized spacial score (nSPS) is 10.8. The molecule has 0 spiro atoms. The molecule has 6 heteroatoms. The van der Waals surface area contributed by atoms with Crippen LogP contribution in [0.4, 0.5) is 4.39 Å². The lowest BCUT2D eigenvalue weighted by molar-refractivity contribution is 0.0691. The maximum Gasteiger partial charge on any atom is 0.352 e. The fourth-order valence-corrected chi connectivity index (χ4v) is 2.31. The summed E-state index contributed by atoms with van der Waals surface area (Å²) in [7, 11) is 0.